The second kappa shape index (κ2) is 7.24. The highest BCUT2D eigenvalue weighted by Gasteiger charge is 2.24. The van der Waals surface area contributed by atoms with E-state index in [4.69, 9.17) is 4.74 Å². The number of ether oxygens (including phenoxy) is 1. The van der Waals surface area contributed by atoms with Crippen molar-refractivity contribution in [2.45, 2.75) is 38.8 Å². The van der Waals surface area contributed by atoms with E-state index in [0.29, 0.717) is 18.8 Å². The molecule has 5 nitrogen and oxygen atoms in total. The molecule has 120 valence electrons. The molecule has 22 heavy (non-hydrogen) atoms. The van der Waals surface area contributed by atoms with Gasteiger partial charge in [0.25, 0.3) is 5.91 Å². The topological polar surface area (TPSA) is 58.6 Å². The summed E-state index contributed by atoms with van der Waals surface area (Å²) in [7, 11) is 0. The van der Waals surface area contributed by atoms with Gasteiger partial charge in [-0.2, -0.15) is 0 Å². The van der Waals surface area contributed by atoms with Gasteiger partial charge in [-0.3, -0.25) is 9.59 Å². The first-order valence-corrected chi connectivity index (χ1v) is 7.44. The Morgan fingerprint density at radius 2 is 1.86 bits per heavy atom. The standard InChI is InChI=1S/C16H21FN2O3/c1-11(22-15-5-3-13(17)4-6-15)16(21)18-14-7-9-19(10-8-14)12(2)20/h3-6,11,14H,7-10H2,1-2H3,(H,18,21). The Labute approximate surface area is 129 Å². The van der Waals surface area contributed by atoms with E-state index in [1.165, 1.54) is 24.3 Å². The van der Waals surface area contributed by atoms with E-state index in [1.54, 1.807) is 18.7 Å². The molecule has 1 fully saturated rings. The molecule has 1 atom stereocenters. The lowest BCUT2D eigenvalue weighted by molar-refractivity contribution is -0.130. The molecule has 0 aliphatic carbocycles. The first-order chi connectivity index (χ1) is 10.5. The minimum absolute atomic E-state index is 0.0577. The molecule has 1 aliphatic heterocycles. The zero-order valence-corrected chi connectivity index (χ0v) is 12.8. The van der Waals surface area contributed by atoms with Crippen LogP contribution in [0.2, 0.25) is 0 Å². The fraction of sp³-hybridized carbons (Fsp3) is 0.500. The molecule has 0 radical (unpaired) electrons. The minimum atomic E-state index is -0.656. The van der Waals surface area contributed by atoms with E-state index in [-0.39, 0.29) is 23.7 Å². The van der Waals surface area contributed by atoms with E-state index in [1.807, 2.05) is 0 Å². The molecule has 2 amide bonds. The SMILES string of the molecule is CC(=O)N1CCC(NC(=O)C(C)Oc2ccc(F)cc2)CC1. The number of carbonyl (C=O) groups excluding carboxylic acids is 2. The van der Waals surface area contributed by atoms with E-state index in [0.717, 1.165) is 12.8 Å². The van der Waals surface area contributed by atoms with Crippen LogP contribution in [0.3, 0.4) is 0 Å². The molecule has 6 heteroatoms. The third-order valence-corrected chi connectivity index (χ3v) is 3.78. The van der Waals surface area contributed by atoms with Crippen molar-refractivity contribution >= 4 is 11.8 Å². The molecule has 1 saturated heterocycles. The van der Waals surface area contributed by atoms with Crippen molar-refractivity contribution < 1.29 is 18.7 Å². The summed E-state index contributed by atoms with van der Waals surface area (Å²) in [6.07, 6.45) is 0.833. The zero-order valence-electron chi connectivity index (χ0n) is 12.8. The predicted octanol–water partition coefficient (Wildman–Crippen LogP) is 1.72. The predicted molar refractivity (Wildman–Crippen MR) is 79.9 cm³/mol. The molecule has 1 aromatic carbocycles. The Morgan fingerprint density at radius 3 is 2.41 bits per heavy atom. The highest BCUT2D eigenvalue weighted by atomic mass is 19.1. The fourth-order valence-electron chi connectivity index (χ4n) is 2.43. The summed E-state index contributed by atoms with van der Waals surface area (Å²) in [5, 5.41) is 2.93. The number of halogens is 1. The molecular formula is C16H21FN2O3. The molecule has 1 unspecified atom stereocenters. The van der Waals surface area contributed by atoms with Gasteiger partial charge in [0.2, 0.25) is 5.91 Å². The number of hydrogen-bond donors (Lipinski definition) is 1. The smallest absolute Gasteiger partial charge is 0.260 e. The number of benzene rings is 1. The van der Waals surface area contributed by atoms with E-state index in [2.05, 4.69) is 5.32 Å². The van der Waals surface area contributed by atoms with Crippen LogP contribution < -0.4 is 10.1 Å². The van der Waals surface area contributed by atoms with Gasteiger partial charge in [-0.25, -0.2) is 4.39 Å². The summed E-state index contributed by atoms with van der Waals surface area (Å²) < 4.78 is 18.3. The van der Waals surface area contributed by atoms with Crippen molar-refractivity contribution in [3.8, 4) is 5.75 Å². The molecule has 2 rings (SSSR count). The van der Waals surface area contributed by atoms with Crippen LogP contribution in [0.5, 0.6) is 5.75 Å². The summed E-state index contributed by atoms with van der Waals surface area (Å²) in [5.41, 5.74) is 0. The van der Waals surface area contributed by atoms with Crippen LogP contribution in [0.1, 0.15) is 26.7 Å². The van der Waals surface area contributed by atoms with Crippen molar-refractivity contribution in [3.05, 3.63) is 30.1 Å². The van der Waals surface area contributed by atoms with Crippen LogP contribution in [0.4, 0.5) is 4.39 Å². The van der Waals surface area contributed by atoms with Crippen molar-refractivity contribution in [2.24, 2.45) is 0 Å². The Balaban J connectivity index is 1.79. The third kappa shape index (κ3) is 4.44. The van der Waals surface area contributed by atoms with Gasteiger partial charge in [0, 0.05) is 26.1 Å². The number of piperidine rings is 1. The largest absolute Gasteiger partial charge is 0.481 e. The molecule has 0 aromatic heterocycles. The van der Waals surface area contributed by atoms with Crippen LogP contribution in [0.25, 0.3) is 0 Å². The molecule has 1 aliphatic rings. The Bertz CT molecular complexity index is 525. The summed E-state index contributed by atoms with van der Waals surface area (Å²) >= 11 is 0. The van der Waals surface area contributed by atoms with Crippen LogP contribution >= 0.6 is 0 Å². The first-order valence-electron chi connectivity index (χ1n) is 7.44. The fourth-order valence-corrected chi connectivity index (χ4v) is 2.43. The monoisotopic (exact) mass is 308 g/mol. The Morgan fingerprint density at radius 1 is 1.27 bits per heavy atom. The lowest BCUT2D eigenvalue weighted by Crippen LogP contribution is -2.48. The molecule has 1 aromatic rings. The van der Waals surface area contributed by atoms with Crippen LogP contribution in [-0.4, -0.2) is 41.9 Å². The zero-order chi connectivity index (χ0) is 16.1. The van der Waals surface area contributed by atoms with Crippen LogP contribution in [0, 0.1) is 5.82 Å². The van der Waals surface area contributed by atoms with Gasteiger partial charge in [0.1, 0.15) is 11.6 Å². The van der Waals surface area contributed by atoms with Crippen molar-refractivity contribution in [1.29, 1.82) is 0 Å². The lowest BCUT2D eigenvalue weighted by Gasteiger charge is -2.32. The Kier molecular flexibility index (Phi) is 5.35. The lowest BCUT2D eigenvalue weighted by atomic mass is 10.0. The average Bonchev–Trinajstić information content (AvgIpc) is 2.50. The van der Waals surface area contributed by atoms with Crippen molar-refractivity contribution in [3.63, 3.8) is 0 Å². The average molecular weight is 308 g/mol. The van der Waals surface area contributed by atoms with Gasteiger partial charge in [-0.1, -0.05) is 0 Å². The minimum Gasteiger partial charge on any atom is -0.481 e. The van der Waals surface area contributed by atoms with Gasteiger partial charge in [-0.05, 0) is 44.0 Å². The van der Waals surface area contributed by atoms with Gasteiger partial charge in [0.05, 0.1) is 0 Å². The Hall–Kier alpha value is -2.11. The number of amides is 2. The number of nitrogens with zero attached hydrogens (tertiary/aromatic N) is 1. The molecule has 0 spiro atoms. The summed E-state index contributed by atoms with van der Waals surface area (Å²) in [5.74, 6) is -0.0273. The molecule has 0 saturated carbocycles. The van der Waals surface area contributed by atoms with E-state index < -0.39 is 6.10 Å². The first kappa shape index (κ1) is 16.3. The highest BCUT2D eigenvalue weighted by Crippen LogP contribution is 2.14. The maximum atomic E-state index is 12.8. The highest BCUT2D eigenvalue weighted by molar-refractivity contribution is 5.81. The van der Waals surface area contributed by atoms with Gasteiger partial charge >= 0.3 is 0 Å². The van der Waals surface area contributed by atoms with Crippen molar-refractivity contribution in [2.75, 3.05) is 13.1 Å². The number of nitrogens with one attached hydrogen (secondary N) is 1. The van der Waals surface area contributed by atoms with E-state index >= 15 is 0 Å². The number of hydrogen-bond acceptors (Lipinski definition) is 3. The van der Waals surface area contributed by atoms with E-state index in [9.17, 15) is 14.0 Å². The summed E-state index contributed by atoms with van der Waals surface area (Å²) in [6.45, 7) is 4.53. The van der Waals surface area contributed by atoms with Crippen LogP contribution in [0.15, 0.2) is 24.3 Å². The number of likely N-dealkylation sites (tertiary alicyclic amines) is 1. The number of carbonyl (C=O) groups is 2. The summed E-state index contributed by atoms with van der Waals surface area (Å²) in [4.78, 5) is 25.1. The maximum Gasteiger partial charge on any atom is 0.260 e. The van der Waals surface area contributed by atoms with Crippen LogP contribution in [-0.2, 0) is 9.59 Å². The van der Waals surface area contributed by atoms with Gasteiger partial charge < -0.3 is 15.0 Å². The summed E-state index contributed by atoms with van der Waals surface area (Å²) in [6, 6.07) is 5.62. The second-order valence-electron chi connectivity index (χ2n) is 5.50. The van der Waals surface area contributed by atoms with Crippen molar-refractivity contribution in [1.82, 2.24) is 10.2 Å². The van der Waals surface area contributed by atoms with Gasteiger partial charge in [-0.15, -0.1) is 0 Å². The number of rotatable bonds is 4. The molecule has 1 heterocycles. The second-order valence-corrected chi connectivity index (χ2v) is 5.50. The maximum absolute atomic E-state index is 12.8. The third-order valence-electron chi connectivity index (χ3n) is 3.78. The molecule has 0 bridgehead atoms. The normalized spacial score (nSPS) is 17.0. The molecule has 1 N–H and O–H groups in total. The quantitative estimate of drug-likeness (QED) is 0.921. The van der Waals surface area contributed by atoms with Gasteiger partial charge in [0.15, 0.2) is 6.10 Å². The molecular weight excluding hydrogens is 287 g/mol.